The molecule has 1 aromatic carbocycles. The molecule has 6 atom stereocenters. The minimum absolute atomic E-state index is 0.0296. The fourth-order valence-electron chi connectivity index (χ4n) is 6.02. The van der Waals surface area contributed by atoms with E-state index in [1.807, 2.05) is 0 Å². The SMILES string of the molecule is N=C(N)NCCC[C@H](NC(=O)CNC(=O)[C@H](CC(=O)O)NC(=O)[C@H](CO)NC(=O)[C@@H]1CCCN1C(=O)[C@H](Cc1ccc(O)cc1)NC(=O)[C@@H](N)CCC(N)=O)C(=O)NCC(=O)O. The Morgan fingerprint density at radius 3 is 1.98 bits per heavy atom. The zero-order chi connectivity index (χ0) is 46.5. The molecular weight excluding hydrogens is 824 g/mol. The number of aliphatic carboxylic acids is 2. The highest BCUT2D eigenvalue weighted by Crippen LogP contribution is 2.21. The van der Waals surface area contributed by atoms with Crippen LogP contribution < -0.4 is 54.4 Å². The van der Waals surface area contributed by atoms with E-state index in [0.717, 1.165) is 4.90 Å². The van der Waals surface area contributed by atoms with E-state index in [2.05, 4.69) is 37.2 Å². The zero-order valence-corrected chi connectivity index (χ0v) is 33.5. The van der Waals surface area contributed by atoms with Crippen LogP contribution in [0.2, 0.25) is 0 Å². The van der Waals surface area contributed by atoms with Crippen molar-refractivity contribution in [2.24, 2.45) is 17.2 Å². The van der Waals surface area contributed by atoms with Crippen molar-refractivity contribution in [2.45, 2.75) is 87.6 Å². The molecule has 0 radical (unpaired) electrons. The molecule has 26 nitrogen and oxygen atoms in total. The largest absolute Gasteiger partial charge is 0.508 e. The molecule has 1 aliphatic rings. The molecule has 342 valence electrons. The average Bonchev–Trinajstić information content (AvgIpc) is 3.71. The van der Waals surface area contributed by atoms with Gasteiger partial charge in [-0.1, -0.05) is 12.1 Å². The topological polar surface area (TPSA) is 441 Å². The smallest absolute Gasteiger partial charge is 0.322 e. The normalized spacial score (nSPS) is 15.6. The third kappa shape index (κ3) is 18.0. The first kappa shape index (κ1) is 51.1. The minimum atomic E-state index is -1.87. The van der Waals surface area contributed by atoms with Crippen LogP contribution in [0.25, 0.3) is 0 Å². The van der Waals surface area contributed by atoms with Gasteiger partial charge in [0.15, 0.2) is 5.96 Å². The number of amides is 8. The number of nitrogens with two attached hydrogens (primary N) is 3. The predicted molar refractivity (Wildman–Crippen MR) is 213 cm³/mol. The number of benzene rings is 1. The van der Waals surface area contributed by atoms with Gasteiger partial charge < -0.3 is 79.7 Å². The number of carboxylic acids is 2. The zero-order valence-electron chi connectivity index (χ0n) is 33.5. The highest BCUT2D eigenvalue weighted by atomic mass is 16.4. The van der Waals surface area contributed by atoms with Crippen molar-refractivity contribution in [1.82, 2.24) is 42.1 Å². The van der Waals surface area contributed by atoms with Crippen LogP contribution in [-0.2, 0) is 54.4 Å². The molecule has 0 saturated carbocycles. The van der Waals surface area contributed by atoms with E-state index in [1.54, 1.807) is 0 Å². The highest BCUT2D eigenvalue weighted by molar-refractivity contribution is 5.98. The number of guanidine groups is 1. The van der Waals surface area contributed by atoms with Crippen LogP contribution in [0, 0.1) is 5.41 Å². The summed E-state index contributed by atoms with van der Waals surface area (Å²) >= 11 is 0. The number of aliphatic hydroxyl groups excluding tert-OH is 1. The van der Waals surface area contributed by atoms with Crippen LogP contribution in [0.3, 0.4) is 0 Å². The Kier molecular flexibility index (Phi) is 21.0. The number of aliphatic hydroxyl groups is 1. The van der Waals surface area contributed by atoms with Gasteiger partial charge in [-0.05, 0) is 49.8 Å². The lowest BCUT2D eigenvalue weighted by molar-refractivity contribution is -0.143. The predicted octanol–water partition coefficient (Wildman–Crippen LogP) is -6.50. The molecule has 2 rings (SSSR count). The van der Waals surface area contributed by atoms with Crippen LogP contribution in [0.5, 0.6) is 5.75 Å². The number of hydrogen-bond acceptors (Lipinski definition) is 14. The number of phenolic OH excluding ortho intramolecular Hbond substituents is 1. The van der Waals surface area contributed by atoms with E-state index in [-0.39, 0.29) is 63.3 Å². The lowest BCUT2D eigenvalue weighted by atomic mass is 10.0. The Hall–Kier alpha value is -7.09. The van der Waals surface area contributed by atoms with Crippen molar-refractivity contribution in [1.29, 1.82) is 5.41 Å². The molecule has 8 amide bonds. The number of primary amides is 1. The summed E-state index contributed by atoms with van der Waals surface area (Å²) in [5.41, 5.74) is 16.8. The molecule has 0 bridgehead atoms. The van der Waals surface area contributed by atoms with Gasteiger partial charge in [0.25, 0.3) is 0 Å². The van der Waals surface area contributed by atoms with Gasteiger partial charge in [0.1, 0.15) is 42.5 Å². The number of aromatic hydroxyl groups is 1. The Morgan fingerprint density at radius 1 is 0.758 bits per heavy atom. The van der Waals surface area contributed by atoms with E-state index >= 15 is 0 Å². The van der Waals surface area contributed by atoms with Crippen LogP contribution in [0.1, 0.15) is 50.5 Å². The number of carbonyl (C=O) groups excluding carboxylic acids is 8. The van der Waals surface area contributed by atoms with E-state index in [1.165, 1.54) is 24.3 Å². The number of phenols is 1. The van der Waals surface area contributed by atoms with Gasteiger partial charge >= 0.3 is 11.9 Å². The molecule has 1 saturated heterocycles. The molecule has 26 heteroatoms. The number of rotatable bonds is 26. The molecule has 0 aliphatic carbocycles. The van der Waals surface area contributed by atoms with Gasteiger partial charge in [0, 0.05) is 25.9 Å². The van der Waals surface area contributed by atoms with Crippen molar-refractivity contribution in [3.63, 3.8) is 0 Å². The van der Waals surface area contributed by atoms with Crippen molar-refractivity contribution in [3.8, 4) is 5.75 Å². The fourth-order valence-corrected chi connectivity index (χ4v) is 6.02. The van der Waals surface area contributed by atoms with Gasteiger partial charge in [0.2, 0.25) is 47.3 Å². The van der Waals surface area contributed by atoms with Crippen molar-refractivity contribution < 1.29 is 68.4 Å². The van der Waals surface area contributed by atoms with Crippen LogP contribution in [0.15, 0.2) is 24.3 Å². The minimum Gasteiger partial charge on any atom is -0.508 e. The summed E-state index contributed by atoms with van der Waals surface area (Å²) in [4.78, 5) is 127. The molecule has 1 heterocycles. The maximum Gasteiger partial charge on any atom is 0.322 e. The van der Waals surface area contributed by atoms with Crippen molar-refractivity contribution >= 4 is 65.2 Å². The number of nitrogens with zero attached hydrogens (tertiary/aromatic N) is 1. The third-order valence-electron chi connectivity index (χ3n) is 9.17. The second-order valence-corrected chi connectivity index (χ2v) is 14.1. The summed E-state index contributed by atoms with van der Waals surface area (Å²) in [6, 6.07) is -2.99. The number of likely N-dealkylation sites (tertiary alicyclic amines) is 1. The van der Waals surface area contributed by atoms with Gasteiger partial charge in [-0.25, -0.2) is 0 Å². The quantitative estimate of drug-likeness (QED) is 0.0234. The van der Waals surface area contributed by atoms with E-state index < -0.39 is 122 Å². The second kappa shape index (κ2) is 25.5. The summed E-state index contributed by atoms with van der Waals surface area (Å²) in [5, 5.41) is 61.2. The van der Waals surface area contributed by atoms with Gasteiger partial charge in [-0.3, -0.25) is 53.4 Å². The fraction of sp³-hybridized carbons (Fsp3) is 0.528. The summed E-state index contributed by atoms with van der Waals surface area (Å²) in [7, 11) is 0. The molecule has 1 aliphatic heterocycles. The summed E-state index contributed by atoms with van der Waals surface area (Å²) in [6.07, 6.45) is -0.964. The maximum absolute atomic E-state index is 14.0. The first-order valence-electron chi connectivity index (χ1n) is 19.2. The molecule has 62 heavy (non-hydrogen) atoms. The summed E-state index contributed by atoms with van der Waals surface area (Å²) < 4.78 is 0. The Labute approximate surface area is 353 Å². The molecule has 18 N–H and O–H groups in total. The van der Waals surface area contributed by atoms with Gasteiger partial charge in [0.05, 0.1) is 25.6 Å². The molecule has 0 spiro atoms. The monoisotopic (exact) mass is 878 g/mol. The lowest BCUT2D eigenvalue weighted by Crippen LogP contribution is -2.59. The number of carboxylic acid groups (broad SMARTS) is 2. The van der Waals surface area contributed by atoms with Gasteiger partial charge in [-0.15, -0.1) is 0 Å². The van der Waals surface area contributed by atoms with Crippen molar-refractivity contribution in [2.75, 3.05) is 32.8 Å². The molecular formula is C36H54N12O14. The summed E-state index contributed by atoms with van der Waals surface area (Å²) in [6.45, 7) is -2.53. The molecule has 0 aromatic heterocycles. The Morgan fingerprint density at radius 2 is 1.39 bits per heavy atom. The maximum atomic E-state index is 14.0. The highest BCUT2D eigenvalue weighted by Gasteiger charge is 2.40. The summed E-state index contributed by atoms with van der Waals surface area (Å²) in [5.74, 6) is -10.8. The van der Waals surface area contributed by atoms with E-state index in [0.29, 0.717) is 12.0 Å². The van der Waals surface area contributed by atoms with Crippen LogP contribution in [-0.4, -0.2) is 160 Å². The molecule has 0 unspecified atom stereocenters. The Bertz CT molecular complexity index is 1810. The number of carbonyl (C=O) groups is 10. The first-order valence-corrected chi connectivity index (χ1v) is 19.2. The second-order valence-electron chi connectivity index (χ2n) is 14.1. The van der Waals surface area contributed by atoms with E-state index in [9.17, 15) is 63.3 Å². The Balaban J connectivity index is 2.14. The van der Waals surface area contributed by atoms with Crippen LogP contribution in [0.4, 0.5) is 0 Å². The van der Waals surface area contributed by atoms with Gasteiger partial charge in [-0.2, -0.15) is 0 Å². The third-order valence-corrected chi connectivity index (χ3v) is 9.17. The lowest BCUT2D eigenvalue weighted by Gasteiger charge is -2.30. The standard InChI is InChI=1S/C36H54N12O14/c37-20(9-10-26(38)51)30(57)46-23(13-18-5-7-19(50)8-6-18)35(62)48-12-2-4-25(48)34(61)47-24(17-49)33(60)45-22(14-28(53)54)32(59)42-15-27(52)44-21(3-1-11-41-36(39)40)31(58)43-16-29(55)56/h5-8,20-25,49-50H,1-4,9-17,37H2,(H2,38,51)(H,42,59)(H,43,58)(H,44,52)(H,45,60)(H,46,57)(H,47,61)(H,53,54)(H,55,56)(H4,39,40,41)/t20-,21-,22-,23-,24-,25-/m0/s1. The van der Waals surface area contributed by atoms with Crippen molar-refractivity contribution in [3.05, 3.63) is 29.8 Å². The first-order chi connectivity index (χ1) is 29.2. The number of nitrogens with one attached hydrogen (secondary N) is 8. The average molecular weight is 879 g/mol. The number of hydrogen-bond donors (Lipinski definition) is 15. The molecule has 1 aromatic rings. The van der Waals surface area contributed by atoms with E-state index in [4.69, 9.17) is 27.7 Å². The van der Waals surface area contributed by atoms with Crippen LogP contribution >= 0.6 is 0 Å². The molecule has 1 fully saturated rings.